The van der Waals surface area contributed by atoms with Crippen molar-refractivity contribution in [3.63, 3.8) is 0 Å². The highest BCUT2D eigenvalue weighted by Crippen LogP contribution is 2.22. The van der Waals surface area contributed by atoms with Crippen LogP contribution < -0.4 is 10.1 Å². The van der Waals surface area contributed by atoms with E-state index in [1.165, 1.54) is 10.9 Å². The van der Waals surface area contributed by atoms with Gasteiger partial charge in [0, 0.05) is 30.9 Å². The Balaban J connectivity index is 1.44. The molecule has 33 heavy (non-hydrogen) atoms. The molecular formula is C22H25ClN6O4. The van der Waals surface area contributed by atoms with Gasteiger partial charge in [0.1, 0.15) is 11.4 Å². The normalized spacial score (nSPS) is 13.7. The Bertz CT molecular complexity index is 1150. The van der Waals surface area contributed by atoms with Crippen LogP contribution >= 0.6 is 11.6 Å². The molecule has 2 amide bonds. The summed E-state index contributed by atoms with van der Waals surface area (Å²) >= 11 is 5.97. The van der Waals surface area contributed by atoms with Crippen LogP contribution in [0, 0.1) is 6.92 Å². The zero-order valence-electron chi connectivity index (χ0n) is 18.5. The molecular weight excluding hydrogens is 448 g/mol. The van der Waals surface area contributed by atoms with E-state index in [4.69, 9.17) is 21.1 Å². The first kappa shape index (κ1) is 22.8. The second-order valence-corrected chi connectivity index (χ2v) is 7.94. The highest BCUT2D eigenvalue weighted by molar-refractivity contribution is 6.30. The van der Waals surface area contributed by atoms with Crippen molar-refractivity contribution in [2.45, 2.75) is 27.1 Å². The first-order chi connectivity index (χ1) is 16.0. The molecule has 174 valence electrons. The summed E-state index contributed by atoms with van der Waals surface area (Å²) in [6.45, 7) is 6.39. The maximum absolute atomic E-state index is 13.1. The molecule has 0 radical (unpaired) electrons. The number of nitrogens with one attached hydrogen (secondary N) is 1. The molecule has 3 aromatic rings. The number of nitrogens with zero attached hydrogens (tertiary/aromatic N) is 5. The van der Waals surface area contributed by atoms with Crippen LogP contribution in [0.1, 0.15) is 33.5 Å². The van der Waals surface area contributed by atoms with Crippen molar-refractivity contribution in [3.8, 4) is 5.75 Å². The Kier molecular flexibility index (Phi) is 6.95. The van der Waals surface area contributed by atoms with Crippen LogP contribution in [-0.4, -0.2) is 62.6 Å². The van der Waals surface area contributed by atoms with E-state index in [0.717, 1.165) is 5.56 Å². The Morgan fingerprint density at radius 2 is 2.03 bits per heavy atom. The molecule has 2 aromatic heterocycles. The molecule has 0 spiro atoms. The number of rotatable bonds is 7. The predicted molar refractivity (Wildman–Crippen MR) is 122 cm³/mol. The van der Waals surface area contributed by atoms with E-state index in [9.17, 15) is 9.59 Å². The number of morpholine rings is 1. The highest BCUT2D eigenvalue weighted by atomic mass is 35.5. The Hall–Kier alpha value is -3.37. The minimum Gasteiger partial charge on any atom is -0.471 e. The minimum absolute atomic E-state index is 0.129. The van der Waals surface area contributed by atoms with Gasteiger partial charge in [-0.2, -0.15) is 10.2 Å². The number of hydrogen-bond donors (Lipinski definition) is 1. The van der Waals surface area contributed by atoms with E-state index >= 15 is 0 Å². The number of benzene rings is 1. The third kappa shape index (κ3) is 5.18. The molecule has 0 atom stereocenters. The van der Waals surface area contributed by atoms with Crippen molar-refractivity contribution in [2.75, 3.05) is 31.6 Å². The van der Waals surface area contributed by atoms with Crippen molar-refractivity contribution in [3.05, 3.63) is 58.6 Å². The van der Waals surface area contributed by atoms with Crippen molar-refractivity contribution in [1.29, 1.82) is 0 Å². The lowest BCUT2D eigenvalue weighted by Gasteiger charge is -2.27. The summed E-state index contributed by atoms with van der Waals surface area (Å²) in [6, 6.07) is 6.93. The molecule has 1 aliphatic rings. The number of aromatic nitrogens is 4. The summed E-state index contributed by atoms with van der Waals surface area (Å²) < 4.78 is 14.2. The number of hydrogen-bond acceptors (Lipinski definition) is 6. The first-order valence-corrected chi connectivity index (χ1v) is 11.0. The number of carbonyl (C=O) groups is 2. The van der Waals surface area contributed by atoms with E-state index in [-0.39, 0.29) is 18.3 Å². The quantitative estimate of drug-likeness (QED) is 0.567. The fraction of sp³-hybridized carbons (Fsp3) is 0.364. The van der Waals surface area contributed by atoms with Crippen LogP contribution in [0.4, 0.5) is 5.69 Å². The van der Waals surface area contributed by atoms with Crippen LogP contribution in [0.15, 0.2) is 36.7 Å². The smallest absolute Gasteiger partial charge is 0.276 e. The molecule has 0 bridgehead atoms. The van der Waals surface area contributed by atoms with E-state index in [2.05, 4.69) is 15.5 Å². The standard InChI is InChI=1S/C22H25ClN6O4/c1-3-29-20(22(31)27-8-10-32-11-9-27)18(13-24-29)25-21(30)17-6-7-28(26-17)14-33-19-5-4-16(23)12-15(19)2/h4-7,12-13H,3,8-11,14H2,1-2H3,(H,25,30). The van der Waals surface area contributed by atoms with Crippen molar-refractivity contribution in [1.82, 2.24) is 24.5 Å². The number of aryl methyl sites for hydroxylation is 2. The molecule has 11 heteroatoms. The van der Waals surface area contributed by atoms with Gasteiger partial charge in [-0.1, -0.05) is 11.6 Å². The second kappa shape index (κ2) is 10.1. The largest absolute Gasteiger partial charge is 0.471 e. The molecule has 1 aromatic carbocycles. The highest BCUT2D eigenvalue weighted by Gasteiger charge is 2.26. The average molecular weight is 473 g/mol. The summed E-state index contributed by atoms with van der Waals surface area (Å²) in [6.07, 6.45) is 3.13. The first-order valence-electron chi connectivity index (χ1n) is 10.6. The molecule has 1 aliphatic heterocycles. The van der Waals surface area contributed by atoms with Gasteiger partial charge in [0.05, 0.1) is 25.1 Å². The Morgan fingerprint density at radius 1 is 1.24 bits per heavy atom. The van der Waals surface area contributed by atoms with Crippen LogP contribution in [0.2, 0.25) is 5.02 Å². The molecule has 4 rings (SSSR count). The van der Waals surface area contributed by atoms with Gasteiger partial charge in [0.2, 0.25) is 0 Å². The lowest BCUT2D eigenvalue weighted by Crippen LogP contribution is -2.41. The number of carbonyl (C=O) groups excluding carboxylic acids is 2. The lowest BCUT2D eigenvalue weighted by molar-refractivity contribution is 0.0295. The van der Waals surface area contributed by atoms with Gasteiger partial charge in [0.15, 0.2) is 12.4 Å². The molecule has 0 saturated carbocycles. The summed E-state index contributed by atoms with van der Waals surface area (Å²) in [5, 5.41) is 11.9. The molecule has 0 unspecified atom stereocenters. The van der Waals surface area contributed by atoms with Gasteiger partial charge in [0.25, 0.3) is 11.8 Å². The van der Waals surface area contributed by atoms with Gasteiger partial charge in [-0.15, -0.1) is 0 Å². The van der Waals surface area contributed by atoms with Crippen molar-refractivity contribution >= 4 is 29.1 Å². The van der Waals surface area contributed by atoms with Gasteiger partial charge < -0.3 is 19.7 Å². The number of amides is 2. The molecule has 10 nitrogen and oxygen atoms in total. The summed E-state index contributed by atoms with van der Waals surface area (Å²) in [5.41, 5.74) is 1.79. The SMILES string of the molecule is CCn1ncc(NC(=O)c2ccn(COc3ccc(Cl)cc3C)n2)c1C(=O)N1CCOCC1. The van der Waals surface area contributed by atoms with Crippen LogP contribution in [-0.2, 0) is 18.0 Å². The zero-order chi connectivity index (χ0) is 23.4. The summed E-state index contributed by atoms with van der Waals surface area (Å²) in [5.74, 6) is 0.0486. The molecule has 3 heterocycles. The van der Waals surface area contributed by atoms with Crippen LogP contribution in [0.5, 0.6) is 5.75 Å². The summed E-state index contributed by atoms with van der Waals surface area (Å²) in [4.78, 5) is 27.6. The maximum Gasteiger partial charge on any atom is 0.276 e. The summed E-state index contributed by atoms with van der Waals surface area (Å²) in [7, 11) is 0. The van der Waals surface area contributed by atoms with Crippen LogP contribution in [0.25, 0.3) is 0 Å². The van der Waals surface area contributed by atoms with Gasteiger partial charge in [-0.05, 0) is 43.7 Å². The third-order valence-electron chi connectivity index (χ3n) is 5.25. The minimum atomic E-state index is -0.442. The third-order valence-corrected chi connectivity index (χ3v) is 5.49. The fourth-order valence-electron chi connectivity index (χ4n) is 3.51. The fourth-order valence-corrected chi connectivity index (χ4v) is 3.74. The number of ether oxygens (including phenoxy) is 2. The number of halogens is 1. The van der Waals surface area contributed by atoms with E-state index in [1.54, 1.807) is 34.0 Å². The molecule has 1 fully saturated rings. The zero-order valence-corrected chi connectivity index (χ0v) is 19.2. The molecule has 1 N–H and O–H groups in total. The maximum atomic E-state index is 13.1. The van der Waals surface area contributed by atoms with Gasteiger partial charge >= 0.3 is 0 Å². The van der Waals surface area contributed by atoms with Crippen molar-refractivity contribution < 1.29 is 19.1 Å². The Labute approximate surface area is 196 Å². The van der Waals surface area contributed by atoms with Gasteiger partial charge in [-0.3, -0.25) is 14.3 Å². The topological polar surface area (TPSA) is 104 Å². The van der Waals surface area contributed by atoms with E-state index < -0.39 is 5.91 Å². The van der Waals surface area contributed by atoms with E-state index in [0.29, 0.717) is 55.0 Å². The van der Waals surface area contributed by atoms with Gasteiger partial charge in [-0.25, -0.2) is 4.68 Å². The van der Waals surface area contributed by atoms with Crippen LogP contribution in [0.3, 0.4) is 0 Å². The molecule has 1 saturated heterocycles. The average Bonchev–Trinajstić information content (AvgIpc) is 3.45. The lowest BCUT2D eigenvalue weighted by atomic mass is 10.2. The Morgan fingerprint density at radius 3 is 2.76 bits per heavy atom. The number of anilines is 1. The predicted octanol–water partition coefficient (Wildman–Crippen LogP) is 2.82. The van der Waals surface area contributed by atoms with E-state index in [1.807, 2.05) is 19.9 Å². The molecule has 0 aliphatic carbocycles. The monoisotopic (exact) mass is 472 g/mol. The van der Waals surface area contributed by atoms with Crippen molar-refractivity contribution in [2.24, 2.45) is 0 Å². The second-order valence-electron chi connectivity index (χ2n) is 7.51.